The van der Waals surface area contributed by atoms with E-state index >= 15 is 0 Å². The van der Waals surface area contributed by atoms with E-state index in [9.17, 15) is 13.2 Å². The molecule has 0 aliphatic rings. The lowest BCUT2D eigenvalue weighted by atomic mass is 10.2. The summed E-state index contributed by atoms with van der Waals surface area (Å²) in [5.74, 6) is 0.569. The fourth-order valence-corrected chi connectivity index (χ4v) is 2.55. The maximum atomic E-state index is 13.1. The van der Waals surface area contributed by atoms with Gasteiger partial charge in [0.15, 0.2) is 0 Å². The molecule has 0 aliphatic carbocycles. The van der Waals surface area contributed by atoms with Crippen LogP contribution in [0.1, 0.15) is 11.4 Å². The van der Waals surface area contributed by atoms with Gasteiger partial charge in [-0.25, -0.2) is 9.97 Å². The number of aromatic nitrogens is 3. The quantitative estimate of drug-likeness (QED) is 0.739. The van der Waals surface area contributed by atoms with Crippen LogP contribution >= 0.6 is 0 Å². The van der Waals surface area contributed by atoms with Crippen molar-refractivity contribution in [3.63, 3.8) is 0 Å². The highest BCUT2D eigenvalue weighted by atomic mass is 19.4. The van der Waals surface area contributed by atoms with Gasteiger partial charge in [0.05, 0.1) is 23.1 Å². The Hall–Kier alpha value is -2.57. The van der Waals surface area contributed by atoms with Crippen molar-refractivity contribution in [1.82, 2.24) is 14.5 Å². The lowest BCUT2D eigenvalue weighted by molar-refractivity contribution is -0.137. The van der Waals surface area contributed by atoms with Gasteiger partial charge in [-0.1, -0.05) is 12.1 Å². The number of benzene rings is 1. The van der Waals surface area contributed by atoms with Crippen LogP contribution in [0, 0.1) is 0 Å². The topological polar surface area (TPSA) is 34.0 Å². The standard InChI is InChI=1S/C16H15F3N4/c1-22(15-11(16(17,18)19)6-5-9-20-15)10-14-21-12-7-3-4-8-13(12)23(14)2/h3-9H,10H2,1-2H3. The van der Waals surface area contributed by atoms with Crippen molar-refractivity contribution in [2.24, 2.45) is 7.05 Å². The fraction of sp³-hybridized carbons (Fsp3) is 0.250. The predicted molar refractivity (Wildman–Crippen MR) is 82.1 cm³/mol. The summed E-state index contributed by atoms with van der Waals surface area (Å²) in [4.78, 5) is 9.84. The molecule has 0 atom stereocenters. The second-order valence-corrected chi connectivity index (χ2v) is 5.30. The molecule has 0 N–H and O–H groups in total. The molecule has 1 aromatic carbocycles. The van der Waals surface area contributed by atoms with E-state index in [-0.39, 0.29) is 12.4 Å². The van der Waals surface area contributed by atoms with Gasteiger partial charge in [0.1, 0.15) is 11.6 Å². The van der Waals surface area contributed by atoms with Crippen molar-refractivity contribution in [2.75, 3.05) is 11.9 Å². The summed E-state index contributed by atoms with van der Waals surface area (Å²) in [6.45, 7) is 0.227. The zero-order chi connectivity index (χ0) is 16.6. The minimum Gasteiger partial charge on any atom is -0.352 e. The van der Waals surface area contributed by atoms with Gasteiger partial charge in [0.25, 0.3) is 0 Å². The number of nitrogens with zero attached hydrogens (tertiary/aromatic N) is 4. The van der Waals surface area contributed by atoms with Crippen molar-refractivity contribution in [3.05, 3.63) is 54.0 Å². The number of pyridine rings is 1. The first-order valence-corrected chi connectivity index (χ1v) is 7.01. The summed E-state index contributed by atoms with van der Waals surface area (Å²) in [6.07, 6.45) is -3.08. The van der Waals surface area contributed by atoms with Crippen molar-refractivity contribution >= 4 is 16.9 Å². The lowest BCUT2D eigenvalue weighted by Crippen LogP contribution is -2.23. The molecule has 23 heavy (non-hydrogen) atoms. The van der Waals surface area contributed by atoms with Crippen LogP contribution in [0.3, 0.4) is 0 Å². The van der Waals surface area contributed by atoms with Crippen LogP contribution in [0.5, 0.6) is 0 Å². The number of fused-ring (bicyclic) bond motifs is 1. The highest BCUT2D eigenvalue weighted by Crippen LogP contribution is 2.35. The lowest BCUT2D eigenvalue weighted by Gasteiger charge is -2.21. The predicted octanol–water partition coefficient (Wildman–Crippen LogP) is 3.62. The zero-order valence-corrected chi connectivity index (χ0v) is 12.7. The van der Waals surface area contributed by atoms with E-state index in [4.69, 9.17) is 0 Å². The van der Waals surface area contributed by atoms with Crippen LogP contribution in [0.25, 0.3) is 11.0 Å². The third-order valence-corrected chi connectivity index (χ3v) is 3.71. The summed E-state index contributed by atoms with van der Waals surface area (Å²) in [5.41, 5.74) is 1.00. The fourth-order valence-electron chi connectivity index (χ4n) is 2.55. The van der Waals surface area contributed by atoms with E-state index in [0.717, 1.165) is 17.1 Å². The number of rotatable bonds is 3. The normalized spacial score (nSPS) is 11.9. The monoisotopic (exact) mass is 320 g/mol. The van der Waals surface area contributed by atoms with Gasteiger partial charge in [-0.3, -0.25) is 0 Å². The molecule has 0 saturated heterocycles. The molecular formula is C16H15F3N4. The van der Waals surface area contributed by atoms with Crippen LogP contribution in [-0.2, 0) is 19.8 Å². The molecule has 3 rings (SSSR count). The number of hydrogen-bond acceptors (Lipinski definition) is 3. The summed E-state index contributed by atoms with van der Waals surface area (Å²) in [5, 5.41) is 0. The first kappa shape index (κ1) is 15.3. The van der Waals surface area contributed by atoms with Gasteiger partial charge >= 0.3 is 6.18 Å². The van der Waals surface area contributed by atoms with Gasteiger partial charge in [-0.05, 0) is 24.3 Å². The molecule has 0 radical (unpaired) electrons. The zero-order valence-electron chi connectivity index (χ0n) is 12.7. The molecule has 3 aromatic rings. The van der Waals surface area contributed by atoms with E-state index in [2.05, 4.69) is 9.97 Å². The van der Waals surface area contributed by atoms with Crippen molar-refractivity contribution in [1.29, 1.82) is 0 Å². The van der Waals surface area contributed by atoms with Gasteiger partial charge in [0.2, 0.25) is 0 Å². The molecule has 2 heterocycles. The van der Waals surface area contributed by atoms with E-state index in [1.54, 1.807) is 7.05 Å². The van der Waals surface area contributed by atoms with Crippen LogP contribution in [-0.4, -0.2) is 21.6 Å². The van der Waals surface area contributed by atoms with E-state index in [0.29, 0.717) is 5.82 Å². The molecule has 0 saturated carbocycles. The molecule has 0 amide bonds. The van der Waals surface area contributed by atoms with Gasteiger partial charge in [-0.15, -0.1) is 0 Å². The number of halogens is 3. The summed E-state index contributed by atoms with van der Waals surface area (Å²) < 4.78 is 41.2. The van der Waals surface area contributed by atoms with Crippen LogP contribution in [0.15, 0.2) is 42.6 Å². The van der Waals surface area contributed by atoms with Crippen LogP contribution in [0.2, 0.25) is 0 Å². The highest BCUT2D eigenvalue weighted by Gasteiger charge is 2.35. The Morgan fingerprint density at radius 3 is 2.57 bits per heavy atom. The molecular weight excluding hydrogens is 305 g/mol. The maximum absolute atomic E-state index is 13.1. The first-order valence-electron chi connectivity index (χ1n) is 7.01. The largest absolute Gasteiger partial charge is 0.419 e. The maximum Gasteiger partial charge on any atom is 0.419 e. The molecule has 0 spiro atoms. The average Bonchev–Trinajstić information content (AvgIpc) is 2.83. The number of para-hydroxylation sites is 2. The van der Waals surface area contributed by atoms with Gasteiger partial charge in [-0.2, -0.15) is 13.2 Å². The molecule has 120 valence electrons. The van der Waals surface area contributed by atoms with Crippen molar-refractivity contribution in [3.8, 4) is 0 Å². The molecule has 0 unspecified atom stereocenters. The number of imidazole rings is 1. The number of anilines is 1. The highest BCUT2D eigenvalue weighted by molar-refractivity contribution is 5.75. The van der Waals surface area contributed by atoms with Gasteiger partial charge < -0.3 is 9.47 Å². The summed E-state index contributed by atoms with van der Waals surface area (Å²) in [7, 11) is 3.43. The van der Waals surface area contributed by atoms with E-state index in [1.165, 1.54) is 17.2 Å². The van der Waals surface area contributed by atoms with Crippen LogP contribution < -0.4 is 4.90 Å². The Labute approximate surface area is 131 Å². The molecule has 0 aliphatic heterocycles. The Kier molecular flexibility index (Phi) is 3.71. The summed E-state index contributed by atoms with van der Waals surface area (Å²) in [6, 6.07) is 9.90. The Morgan fingerprint density at radius 1 is 1.13 bits per heavy atom. The van der Waals surface area contributed by atoms with Crippen molar-refractivity contribution in [2.45, 2.75) is 12.7 Å². The smallest absolute Gasteiger partial charge is 0.352 e. The average molecular weight is 320 g/mol. The molecule has 7 heteroatoms. The van der Waals surface area contributed by atoms with Gasteiger partial charge in [0, 0.05) is 20.3 Å². The second kappa shape index (κ2) is 5.57. The third-order valence-electron chi connectivity index (χ3n) is 3.71. The molecule has 4 nitrogen and oxygen atoms in total. The second-order valence-electron chi connectivity index (χ2n) is 5.30. The van der Waals surface area contributed by atoms with E-state index in [1.807, 2.05) is 35.9 Å². The van der Waals surface area contributed by atoms with E-state index < -0.39 is 11.7 Å². The number of alkyl halides is 3. The SMILES string of the molecule is CN(Cc1nc2ccccc2n1C)c1ncccc1C(F)(F)F. The Bertz CT molecular complexity index is 839. The minimum absolute atomic E-state index is 0.105. The summed E-state index contributed by atoms with van der Waals surface area (Å²) >= 11 is 0. The third kappa shape index (κ3) is 2.86. The molecule has 2 aromatic heterocycles. The Balaban J connectivity index is 1.95. The Morgan fingerprint density at radius 2 is 1.87 bits per heavy atom. The first-order chi connectivity index (χ1) is 10.9. The molecule has 0 bridgehead atoms. The van der Waals surface area contributed by atoms with Crippen molar-refractivity contribution < 1.29 is 13.2 Å². The minimum atomic E-state index is -4.44. The number of aryl methyl sites for hydroxylation is 1. The number of hydrogen-bond donors (Lipinski definition) is 0. The van der Waals surface area contributed by atoms with Crippen LogP contribution in [0.4, 0.5) is 19.0 Å². The molecule has 0 fully saturated rings.